The van der Waals surface area contributed by atoms with Gasteiger partial charge in [-0.1, -0.05) is 19.3 Å². The minimum atomic E-state index is 0.633. The molecule has 1 aromatic heterocycles. The van der Waals surface area contributed by atoms with Crippen LogP contribution in [0.1, 0.15) is 43.7 Å². The third kappa shape index (κ3) is 2.15. The molecule has 1 aromatic rings. The van der Waals surface area contributed by atoms with Crippen molar-refractivity contribution in [1.82, 2.24) is 4.98 Å². The third-order valence-corrected chi connectivity index (χ3v) is 3.90. The molecule has 1 aliphatic carbocycles. The molecule has 1 saturated carbocycles. The van der Waals surface area contributed by atoms with Gasteiger partial charge in [-0.2, -0.15) is 0 Å². The Morgan fingerprint density at radius 2 is 2.21 bits per heavy atom. The summed E-state index contributed by atoms with van der Waals surface area (Å²) in [5.41, 5.74) is 9.07. The van der Waals surface area contributed by atoms with Crippen molar-refractivity contribution in [3.8, 4) is 0 Å². The van der Waals surface area contributed by atoms with Gasteiger partial charge in [0.05, 0.1) is 11.2 Å². The lowest BCUT2D eigenvalue weighted by atomic mass is 9.86. The van der Waals surface area contributed by atoms with E-state index in [1.165, 1.54) is 37.8 Å². The Labute approximate surface area is 89.5 Å². The van der Waals surface area contributed by atoms with Gasteiger partial charge in [0, 0.05) is 11.3 Å². The second kappa shape index (κ2) is 4.89. The molecule has 2 N–H and O–H groups in total. The molecule has 0 spiro atoms. The maximum atomic E-state index is 5.84. The molecule has 1 aliphatic rings. The van der Waals surface area contributed by atoms with Crippen molar-refractivity contribution in [3.63, 3.8) is 0 Å². The summed E-state index contributed by atoms with van der Waals surface area (Å²) in [4.78, 5) is 4.44. The summed E-state index contributed by atoms with van der Waals surface area (Å²) in [5.74, 6) is 1.30. The van der Waals surface area contributed by atoms with E-state index in [0.717, 1.165) is 6.54 Å². The predicted octanol–water partition coefficient (Wildman–Crippen LogP) is 2.77. The zero-order valence-electron chi connectivity index (χ0n) is 8.48. The average Bonchev–Trinajstić information content (AvgIpc) is 2.63. The van der Waals surface area contributed by atoms with E-state index in [9.17, 15) is 0 Å². The Balaban J connectivity index is 2.12. The highest BCUT2D eigenvalue weighted by atomic mass is 32.1. The molecule has 1 fully saturated rings. The van der Waals surface area contributed by atoms with Gasteiger partial charge in [-0.25, -0.2) is 4.98 Å². The van der Waals surface area contributed by atoms with Crippen LogP contribution in [-0.4, -0.2) is 11.5 Å². The number of nitrogens with two attached hydrogens (primary N) is 1. The first-order valence-electron chi connectivity index (χ1n) is 5.50. The van der Waals surface area contributed by atoms with E-state index in [0.29, 0.717) is 11.8 Å². The van der Waals surface area contributed by atoms with Crippen LogP contribution in [0.3, 0.4) is 0 Å². The normalized spacial score (nSPS) is 28.6. The molecular formula is C11H18N2S. The third-order valence-electron chi connectivity index (χ3n) is 3.29. The molecule has 2 nitrogen and oxygen atoms in total. The Hall–Kier alpha value is -0.410. The minimum Gasteiger partial charge on any atom is -0.330 e. The van der Waals surface area contributed by atoms with Crippen LogP contribution in [0, 0.1) is 5.92 Å². The van der Waals surface area contributed by atoms with Crippen molar-refractivity contribution in [2.75, 3.05) is 6.54 Å². The summed E-state index contributed by atoms with van der Waals surface area (Å²) in [6.45, 7) is 0.822. The largest absolute Gasteiger partial charge is 0.330 e. The number of rotatable bonds is 2. The fourth-order valence-electron chi connectivity index (χ4n) is 2.46. The number of hydrogen-bond donors (Lipinski definition) is 1. The van der Waals surface area contributed by atoms with Gasteiger partial charge >= 0.3 is 0 Å². The first-order valence-corrected chi connectivity index (χ1v) is 6.44. The smallest absolute Gasteiger partial charge is 0.0794 e. The molecule has 1 heterocycles. The molecule has 14 heavy (non-hydrogen) atoms. The van der Waals surface area contributed by atoms with E-state index >= 15 is 0 Å². The Morgan fingerprint density at radius 1 is 1.36 bits per heavy atom. The van der Waals surface area contributed by atoms with Crippen molar-refractivity contribution >= 4 is 11.3 Å². The first kappa shape index (κ1) is 10.1. The van der Waals surface area contributed by atoms with E-state index in [1.54, 1.807) is 11.3 Å². The van der Waals surface area contributed by atoms with Crippen LogP contribution < -0.4 is 5.73 Å². The number of aromatic nitrogens is 1. The first-order chi connectivity index (χ1) is 6.92. The van der Waals surface area contributed by atoms with Gasteiger partial charge in [0.2, 0.25) is 0 Å². The molecule has 2 rings (SSSR count). The second-order valence-electron chi connectivity index (χ2n) is 4.15. The molecule has 0 amide bonds. The highest BCUT2D eigenvalue weighted by molar-refractivity contribution is 7.07. The SMILES string of the molecule is NCC1CCCCCC1c1cscn1. The highest BCUT2D eigenvalue weighted by Gasteiger charge is 2.25. The van der Waals surface area contributed by atoms with Gasteiger partial charge in [0.25, 0.3) is 0 Å². The molecule has 0 aromatic carbocycles. The van der Waals surface area contributed by atoms with Crippen LogP contribution in [0.4, 0.5) is 0 Å². The van der Waals surface area contributed by atoms with Gasteiger partial charge in [0.1, 0.15) is 0 Å². The Bertz CT molecular complexity index is 258. The lowest BCUT2D eigenvalue weighted by Gasteiger charge is -2.21. The van der Waals surface area contributed by atoms with E-state index in [4.69, 9.17) is 5.73 Å². The molecule has 2 atom stereocenters. The fourth-order valence-corrected chi connectivity index (χ4v) is 3.08. The summed E-state index contributed by atoms with van der Waals surface area (Å²) < 4.78 is 0. The summed E-state index contributed by atoms with van der Waals surface area (Å²) in [6, 6.07) is 0. The summed E-state index contributed by atoms with van der Waals surface area (Å²) in [5, 5.41) is 2.19. The van der Waals surface area contributed by atoms with Gasteiger partial charge in [-0.05, 0) is 25.3 Å². The van der Waals surface area contributed by atoms with Gasteiger partial charge in [-0.3, -0.25) is 0 Å². The summed E-state index contributed by atoms with van der Waals surface area (Å²) >= 11 is 1.70. The maximum Gasteiger partial charge on any atom is 0.0794 e. The average molecular weight is 210 g/mol. The van der Waals surface area contributed by atoms with Crippen molar-refractivity contribution in [2.45, 2.75) is 38.0 Å². The molecule has 0 saturated heterocycles. The van der Waals surface area contributed by atoms with Crippen molar-refractivity contribution < 1.29 is 0 Å². The Kier molecular flexibility index (Phi) is 3.54. The molecule has 0 bridgehead atoms. The quantitative estimate of drug-likeness (QED) is 0.762. The molecule has 2 unspecified atom stereocenters. The zero-order chi connectivity index (χ0) is 9.80. The Morgan fingerprint density at radius 3 is 2.93 bits per heavy atom. The molecule has 0 radical (unpaired) electrons. The van der Waals surface area contributed by atoms with Crippen LogP contribution in [0.25, 0.3) is 0 Å². The topological polar surface area (TPSA) is 38.9 Å². The van der Waals surface area contributed by atoms with Gasteiger partial charge < -0.3 is 5.73 Å². The molecular weight excluding hydrogens is 192 g/mol. The number of nitrogens with zero attached hydrogens (tertiary/aromatic N) is 1. The predicted molar refractivity (Wildman–Crippen MR) is 60.5 cm³/mol. The molecule has 3 heteroatoms. The molecule has 0 aliphatic heterocycles. The standard InChI is InChI=1S/C11H18N2S/c12-6-9-4-2-1-3-5-10(9)11-7-14-8-13-11/h7-10H,1-6,12H2. The number of hydrogen-bond acceptors (Lipinski definition) is 3. The van der Waals surface area contributed by atoms with Crippen molar-refractivity contribution in [3.05, 3.63) is 16.6 Å². The van der Waals surface area contributed by atoms with Gasteiger partial charge in [-0.15, -0.1) is 11.3 Å². The lowest BCUT2D eigenvalue weighted by Crippen LogP contribution is -2.21. The van der Waals surface area contributed by atoms with Crippen LogP contribution in [0.2, 0.25) is 0 Å². The summed E-state index contributed by atoms with van der Waals surface area (Å²) in [7, 11) is 0. The fraction of sp³-hybridized carbons (Fsp3) is 0.727. The van der Waals surface area contributed by atoms with E-state index in [1.807, 2.05) is 5.51 Å². The van der Waals surface area contributed by atoms with E-state index < -0.39 is 0 Å². The lowest BCUT2D eigenvalue weighted by molar-refractivity contribution is 0.403. The van der Waals surface area contributed by atoms with Crippen molar-refractivity contribution in [1.29, 1.82) is 0 Å². The monoisotopic (exact) mass is 210 g/mol. The summed E-state index contributed by atoms with van der Waals surface area (Å²) in [6.07, 6.45) is 6.64. The highest BCUT2D eigenvalue weighted by Crippen LogP contribution is 2.35. The second-order valence-corrected chi connectivity index (χ2v) is 4.87. The molecule has 78 valence electrons. The van der Waals surface area contributed by atoms with Crippen molar-refractivity contribution in [2.24, 2.45) is 11.7 Å². The van der Waals surface area contributed by atoms with E-state index in [2.05, 4.69) is 10.4 Å². The van der Waals surface area contributed by atoms with Crippen LogP contribution in [0.5, 0.6) is 0 Å². The number of thiazole rings is 1. The maximum absolute atomic E-state index is 5.84. The minimum absolute atomic E-state index is 0.633. The van der Waals surface area contributed by atoms with E-state index in [-0.39, 0.29) is 0 Å². The van der Waals surface area contributed by atoms with Crippen LogP contribution in [0.15, 0.2) is 10.9 Å². The van der Waals surface area contributed by atoms with Crippen LogP contribution >= 0.6 is 11.3 Å². The van der Waals surface area contributed by atoms with Crippen LogP contribution in [-0.2, 0) is 0 Å². The zero-order valence-corrected chi connectivity index (χ0v) is 9.30. The van der Waals surface area contributed by atoms with Gasteiger partial charge in [0.15, 0.2) is 0 Å².